The Kier molecular flexibility index (Phi) is 5.03. The second kappa shape index (κ2) is 8.15. The van der Waals surface area contributed by atoms with E-state index in [0.29, 0.717) is 36.2 Å². The van der Waals surface area contributed by atoms with Crippen molar-refractivity contribution in [3.05, 3.63) is 123 Å². The largest absolute Gasteiger partial charge is 0.352 e. The molecule has 6 heteroatoms. The number of hydrogen-bond donors (Lipinski definition) is 0. The summed E-state index contributed by atoms with van der Waals surface area (Å²) < 4.78 is 4.57. The van der Waals surface area contributed by atoms with Crippen LogP contribution in [0.5, 0.6) is 0 Å². The highest BCUT2D eigenvalue weighted by Gasteiger charge is 2.17. The summed E-state index contributed by atoms with van der Waals surface area (Å²) in [5.41, 5.74) is 3.24. The van der Waals surface area contributed by atoms with Crippen molar-refractivity contribution < 1.29 is 0 Å². The fourth-order valence-corrected chi connectivity index (χ4v) is 3.99. The Morgan fingerprint density at radius 2 is 1.56 bits per heavy atom. The molecular formula is C26H22N4O2. The molecule has 6 nitrogen and oxygen atoms in total. The van der Waals surface area contributed by atoms with E-state index in [9.17, 15) is 9.59 Å². The van der Waals surface area contributed by atoms with Crippen LogP contribution in [0.25, 0.3) is 22.8 Å². The summed E-state index contributed by atoms with van der Waals surface area (Å²) in [7, 11) is 0. The minimum atomic E-state index is -0.266. The number of aryl methyl sites for hydroxylation is 2. The summed E-state index contributed by atoms with van der Waals surface area (Å²) >= 11 is 0. The maximum absolute atomic E-state index is 13.3. The molecule has 3 aromatic carbocycles. The Labute approximate surface area is 184 Å². The van der Waals surface area contributed by atoms with Gasteiger partial charge in [-0.25, -0.2) is 13.9 Å². The van der Waals surface area contributed by atoms with E-state index in [-0.39, 0.29) is 11.2 Å². The first-order valence-corrected chi connectivity index (χ1v) is 10.5. The molecule has 0 radical (unpaired) electrons. The molecule has 0 aliphatic carbocycles. The summed E-state index contributed by atoms with van der Waals surface area (Å²) in [6.45, 7) is 4.52. The SMILES string of the molecule is C=Cc1ccc(Cn2nc3n(CCc4ccccc4)c(=O)c4ccccc4n3c2=O)cc1. The molecule has 0 bridgehead atoms. The highest BCUT2D eigenvalue weighted by atomic mass is 16.2. The molecule has 0 atom stereocenters. The minimum absolute atomic E-state index is 0.142. The smallest absolute Gasteiger partial charge is 0.276 e. The Morgan fingerprint density at radius 3 is 2.31 bits per heavy atom. The molecular weight excluding hydrogens is 400 g/mol. The first-order chi connectivity index (χ1) is 15.7. The molecule has 0 N–H and O–H groups in total. The molecule has 0 aliphatic rings. The molecule has 0 amide bonds. The Bertz CT molecular complexity index is 1540. The third kappa shape index (κ3) is 3.46. The lowest BCUT2D eigenvalue weighted by Gasteiger charge is -2.09. The molecule has 0 unspecified atom stereocenters. The van der Waals surface area contributed by atoms with Crippen LogP contribution in [0.1, 0.15) is 16.7 Å². The zero-order valence-corrected chi connectivity index (χ0v) is 17.5. The van der Waals surface area contributed by atoms with Gasteiger partial charge < -0.3 is 0 Å². The Balaban J connectivity index is 1.65. The number of rotatable bonds is 6. The fraction of sp³-hybridized carbons (Fsp3) is 0.115. The van der Waals surface area contributed by atoms with Crippen molar-refractivity contribution in [3.8, 4) is 0 Å². The molecule has 2 heterocycles. The summed E-state index contributed by atoms with van der Waals surface area (Å²) in [6, 6.07) is 25.0. The van der Waals surface area contributed by atoms with Crippen molar-refractivity contribution in [1.29, 1.82) is 0 Å². The molecule has 0 fully saturated rings. The van der Waals surface area contributed by atoms with E-state index in [1.807, 2.05) is 66.7 Å². The van der Waals surface area contributed by atoms with Gasteiger partial charge in [-0.2, -0.15) is 0 Å². The maximum atomic E-state index is 13.3. The lowest BCUT2D eigenvalue weighted by atomic mass is 10.1. The van der Waals surface area contributed by atoms with Gasteiger partial charge in [-0.1, -0.05) is 79.4 Å². The van der Waals surface area contributed by atoms with Crippen molar-refractivity contribution in [2.45, 2.75) is 19.5 Å². The monoisotopic (exact) mass is 422 g/mol. The second-order valence-corrected chi connectivity index (χ2v) is 7.73. The number of para-hydroxylation sites is 1. The quantitative estimate of drug-likeness (QED) is 0.419. The summed E-state index contributed by atoms with van der Waals surface area (Å²) in [5.74, 6) is 0.359. The zero-order chi connectivity index (χ0) is 22.1. The molecule has 2 aromatic heterocycles. The van der Waals surface area contributed by atoms with Gasteiger partial charge in [0.15, 0.2) is 0 Å². The lowest BCUT2D eigenvalue weighted by Crippen LogP contribution is -2.27. The number of nitrogens with zero attached hydrogens (tertiary/aromatic N) is 4. The van der Waals surface area contributed by atoms with Gasteiger partial charge in [-0.15, -0.1) is 5.10 Å². The molecule has 0 saturated carbocycles. The van der Waals surface area contributed by atoms with Crippen molar-refractivity contribution in [2.75, 3.05) is 0 Å². The fourth-order valence-electron chi connectivity index (χ4n) is 3.99. The predicted octanol–water partition coefficient (Wildman–Crippen LogP) is 3.74. The van der Waals surface area contributed by atoms with E-state index in [2.05, 4.69) is 11.7 Å². The number of aromatic nitrogens is 4. The molecule has 158 valence electrons. The van der Waals surface area contributed by atoms with Crippen LogP contribution in [-0.2, 0) is 19.5 Å². The van der Waals surface area contributed by atoms with E-state index in [0.717, 1.165) is 16.7 Å². The van der Waals surface area contributed by atoms with E-state index in [1.54, 1.807) is 27.2 Å². The average molecular weight is 422 g/mol. The van der Waals surface area contributed by atoms with Gasteiger partial charge in [0.05, 0.1) is 17.4 Å². The van der Waals surface area contributed by atoms with Gasteiger partial charge in [0.2, 0.25) is 5.78 Å². The van der Waals surface area contributed by atoms with Crippen LogP contribution in [0.2, 0.25) is 0 Å². The Hall–Kier alpha value is -4.19. The van der Waals surface area contributed by atoms with E-state index in [4.69, 9.17) is 0 Å². The highest BCUT2D eigenvalue weighted by molar-refractivity contribution is 5.80. The molecule has 0 spiro atoms. The van der Waals surface area contributed by atoms with Crippen LogP contribution in [-0.4, -0.2) is 18.7 Å². The molecule has 32 heavy (non-hydrogen) atoms. The normalized spacial score (nSPS) is 11.2. The van der Waals surface area contributed by atoms with Crippen molar-refractivity contribution in [1.82, 2.24) is 18.7 Å². The van der Waals surface area contributed by atoms with Crippen molar-refractivity contribution in [3.63, 3.8) is 0 Å². The van der Waals surface area contributed by atoms with Crippen LogP contribution in [0.3, 0.4) is 0 Å². The lowest BCUT2D eigenvalue weighted by molar-refractivity contribution is 0.645. The number of fused-ring (bicyclic) bond motifs is 3. The van der Waals surface area contributed by atoms with Gasteiger partial charge in [0.25, 0.3) is 5.56 Å². The summed E-state index contributed by atoms with van der Waals surface area (Å²) in [6.07, 6.45) is 2.44. The number of hydrogen-bond acceptors (Lipinski definition) is 3. The van der Waals surface area contributed by atoms with E-state index in [1.165, 1.54) is 4.68 Å². The van der Waals surface area contributed by atoms with Crippen LogP contribution < -0.4 is 11.2 Å². The predicted molar refractivity (Wildman–Crippen MR) is 127 cm³/mol. The van der Waals surface area contributed by atoms with Crippen LogP contribution in [0, 0.1) is 0 Å². The van der Waals surface area contributed by atoms with Gasteiger partial charge in [0, 0.05) is 6.54 Å². The van der Waals surface area contributed by atoms with Gasteiger partial charge >= 0.3 is 5.69 Å². The highest BCUT2D eigenvalue weighted by Crippen LogP contribution is 2.13. The third-order valence-corrected chi connectivity index (χ3v) is 5.70. The molecule has 0 saturated heterocycles. The summed E-state index contributed by atoms with van der Waals surface area (Å²) in [5, 5.41) is 5.09. The van der Waals surface area contributed by atoms with E-state index < -0.39 is 0 Å². The van der Waals surface area contributed by atoms with Crippen molar-refractivity contribution in [2.24, 2.45) is 0 Å². The molecule has 5 aromatic rings. The van der Waals surface area contributed by atoms with Gasteiger partial charge in [0.1, 0.15) is 0 Å². The van der Waals surface area contributed by atoms with E-state index >= 15 is 0 Å². The first kappa shape index (κ1) is 19.8. The van der Waals surface area contributed by atoms with Crippen LogP contribution in [0.4, 0.5) is 0 Å². The average Bonchev–Trinajstić information content (AvgIpc) is 3.16. The summed E-state index contributed by atoms with van der Waals surface area (Å²) in [4.78, 5) is 26.6. The maximum Gasteiger partial charge on any atom is 0.352 e. The van der Waals surface area contributed by atoms with Crippen LogP contribution >= 0.6 is 0 Å². The van der Waals surface area contributed by atoms with Gasteiger partial charge in [-0.3, -0.25) is 9.36 Å². The first-order valence-electron chi connectivity index (χ1n) is 10.5. The molecule has 5 rings (SSSR count). The third-order valence-electron chi connectivity index (χ3n) is 5.70. The van der Waals surface area contributed by atoms with Crippen LogP contribution in [0.15, 0.2) is 95.0 Å². The molecule has 0 aliphatic heterocycles. The topological polar surface area (TPSA) is 61.3 Å². The van der Waals surface area contributed by atoms with Gasteiger partial charge in [-0.05, 0) is 35.2 Å². The standard InChI is InChI=1S/C26H22N4O2/c1-2-19-12-14-21(15-13-19)18-29-26(32)30-23-11-7-6-10-22(23)24(31)28(25(30)27-29)17-16-20-8-4-3-5-9-20/h2-15H,1,16-18H2. The number of benzene rings is 3. The van der Waals surface area contributed by atoms with Crippen molar-refractivity contribution >= 4 is 22.8 Å². The second-order valence-electron chi connectivity index (χ2n) is 7.73. The minimum Gasteiger partial charge on any atom is -0.276 e. The Morgan fingerprint density at radius 1 is 0.844 bits per heavy atom. The zero-order valence-electron chi connectivity index (χ0n) is 17.5.